The van der Waals surface area contributed by atoms with E-state index < -0.39 is 10.0 Å². The fourth-order valence-corrected chi connectivity index (χ4v) is 4.24. The van der Waals surface area contributed by atoms with Crippen LogP contribution in [-0.4, -0.2) is 51.9 Å². The lowest BCUT2D eigenvalue weighted by atomic mass is 10.2. The number of thiazole rings is 1. The Bertz CT molecular complexity index is 1080. The number of aromatic nitrogens is 1. The zero-order chi connectivity index (χ0) is 20.5. The summed E-state index contributed by atoms with van der Waals surface area (Å²) < 4.78 is 36.7. The van der Waals surface area contributed by atoms with Crippen LogP contribution < -0.4 is 14.8 Å². The third kappa shape index (κ3) is 3.79. The highest BCUT2D eigenvalue weighted by Gasteiger charge is 2.18. The van der Waals surface area contributed by atoms with Crippen LogP contribution in [0.2, 0.25) is 0 Å². The number of ether oxygens (including phenoxy) is 2. The normalized spacial score (nSPS) is 11.6. The highest BCUT2D eigenvalue weighted by Crippen LogP contribution is 2.36. The zero-order valence-corrected chi connectivity index (χ0v) is 17.3. The predicted molar refractivity (Wildman–Crippen MR) is 108 cm³/mol. The van der Waals surface area contributed by atoms with E-state index in [0.29, 0.717) is 27.7 Å². The molecule has 0 bridgehead atoms. The second-order valence-corrected chi connectivity index (χ2v) is 9.14. The quantitative estimate of drug-likeness (QED) is 0.657. The summed E-state index contributed by atoms with van der Waals surface area (Å²) in [6, 6.07) is 9.26. The van der Waals surface area contributed by atoms with Gasteiger partial charge in [-0.05, 0) is 24.3 Å². The number of carbonyl (C=O) groups is 1. The molecule has 0 unspecified atom stereocenters. The number of hydrogen-bond donors (Lipinski definition) is 1. The highest BCUT2D eigenvalue weighted by molar-refractivity contribution is 7.89. The minimum absolute atomic E-state index is 0.119. The van der Waals surface area contributed by atoms with Gasteiger partial charge < -0.3 is 9.47 Å². The van der Waals surface area contributed by atoms with E-state index in [1.165, 1.54) is 49.7 Å². The van der Waals surface area contributed by atoms with Crippen LogP contribution in [0.25, 0.3) is 10.2 Å². The second-order valence-electron chi connectivity index (χ2n) is 5.96. The first-order valence-corrected chi connectivity index (χ1v) is 10.4. The van der Waals surface area contributed by atoms with Crippen molar-refractivity contribution in [3.63, 3.8) is 0 Å². The molecule has 0 saturated heterocycles. The maximum absolute atomic E-state index is 12.5. The number of anilines is 1. The monoisotopic (exact) mass is 421 g/mol. The first-order valence-electron chi connectivity index (χ1n) is 8.12. The van der Waals surface area contributed by atoms with Crippen molar-refractivity contribution < 1.29 is 22.7 Å². The molecule has 0 atom stereocenters. The minimum Gasteiger partial charge on any atom is -0.493 e. The molecule has 0 spiro atoms. The molecule has 0 aliphatic heterocycles. The molecule has 10 heteroatoms. The van der Waals surface area contributed by atoms with Crippen LogP contribution in [0.5, 0.6) is 11.5 Å². The van der Waals surface area contributed by atoms with Gasteiger partial charge in [-0.25, -0.2) is 17.7 Å². The van der Waals surface area contributed by atoms with Crippen molar-refractivity contribution in [1.29, 1.82) is 0 Å². The van der Waals surface area contributed by atoms with Crippen molar-refractivity contribution in [3.05, 3.63) is 42.0 Å². The van der Waals surface area contributed by atoms with Crippen LogP contribution in [0.1, 0.15) is 10.4 Å². The van der Waals surface area contributed by atoms with E-state index in [2.05, 4.69) is 10.3 Å². The number of carbonyl (C=O) groups excluding carboxylic acids is 1. The van der Waals surface area contributed by atoms with Gasteiger partial charge in [0.05, 0.1) is 29.3 Å². The SMILES string of the molecule is COc1cc2nc(NC(=O)c3ccc(S(=O)(=O)N(C)C)cc3)sc2cc1OC. The number of benzene rings is 2. The van der Waals surface area contributed by atoms with E-state index in [1.54, 1.807) is 26.4 Å². The molecule has 148 valence electrons. The Morgan fingerprint density at radius 3 is 2.25 bits per heavy atom. The van der Waals surface area contributed by atoms with Crippen molar-refractivity contribution >= 4 is 42.6 Å². The molecule has 8 nitrogen and oxygen atoms in total. The summed E-state index contributed by atoms with van der Waals surface area (Å²) in [5.74, 6) is 0.747. The first-order chi connectivity index (χ1) is 13.3. The molecular formula is C18H19N3O5S2. The van der Waals surface area contributed by atoms with Gasteiger partial charge in [-0.2, -0.15) is 0 Å². The van der Waals surface area contributed by atoms with Crippen molar-refractivity contribution in [3.8, 4) is 11.5 Å². The topological polar surface area (TPSA) is 97.8 Å². The molecule has 3 rings (SSSR count). The fraction of sp³-hybridized carbons (Fsp3) is 0.222. The molecule has 0 fully saturated rings. The molecule has 1 amide bonds. The van der Waals surface area contributed by atoms with E-state index in [-0.39, 0.29) is 10.8 Å². The van der Waals surface area contributed by atoms with E-state index in [0.717, 1.165) is 9.01 Å². The Morgan fingerprint density at radius 1 is 1.07 bits per heavy atom. The molecule has 2 aromatic carbocycles. The Hall–Kier alpha value is -2.69. The number of nitrogens with zero attached hydrogens (tertiary/aromatic N) is 2. The van der Waals surface area contributed by atoms with Crippen molar-refractivity contribution in [1.82, 2.24) is 9.29 Å². The summed E-state index contributed by atoms with van der Waals surface area (Å²) in [5.41, 5.74) is 0.998. The number of nitrogens with one attached hydrogen (secondary N) is 1. The van der Waals surface area contributed by atoms with Gasteiger partial charge in [0.15, 0.2) is 16.6 Å². The van der Waals surface area contributed by atoms with E-state index in [9.17, 15) is 13.2 Å². The molecule has 0 radical (unpaired) electrons. The summed E-state index contributed by atoms with van der Waals surface area (Å²) >= 11 is 1.30. The number of sulfonamides is 1. The Balaban J connectivity index is 1.83. The summed E-state index contributed by atoms with van der Waals surface area (Å²) in [4.78, 5) is 17.0. The van der Waals surface area contributed by atoms with Gasteiger partial charge in [-0.3, -0.25) is 10.1 Å². The van der Waals surface area contributed by atoms with Gasteiger partial charge in [0, 0.05) is 31.8 Å². The smallest absolute Gasteiger partial charge is 0.257 e. The first kappa shape index (κ1) is 20.1. The number of methoxy groups -OCH3 is 2. The second kappa shape index (κ2) is 7.74. The number of amides is 1. The van der Waals surface area contributed by atoms with Crippen LogP contribution in [0.3, 0.4) is 0 Å². The average molecular weight is 422 g/mol. The number of hydrogen-bond acceptors (Lipinski definition) is 7. The van der Waals surface area contributed by atoms with Gasteiger partial charge in [0.25, 0.3) is 5.91 Å². The van der Waals surface area contributed by atoms with E-state index in [4.69, 9.17) is 9.47 Å². The number of fused-ring (bicyclic) bond motifs is 1. The Kier molecular flexibility index (Phi) is 5.54. The van der Waals surface area contributed by atoms with Gasteiger partial charge in [0.2, 0.25) is 10.0 Å². The third-order valence-electron chi connectivity index (χ3n) is 4.01. The van der Waals surface area contributed by atoms with Gasteiger partial charge in [-0.1, -0.05) is 11.3 Å². The lowest BCUT2D eigenvalue weighted by Crippen LogP contribution is -2.22. The maximum atomic E-state index is 12.5. The zero-order valence-electron chi connectivity index (χ0n) is 15.7. The average Bonchev–Trinajstić information content (AvgIpc) is 3.07. The van der Waals surface area contributed by atoms with Crippen LogP contribution in [0, 0.1) is 0 Å². The molecule has 0 saturated carbocycles. The maximum Gasteiger partial charge on any atom is 0.257 e. The Morgan fingerprint density at radius 2 is 1.68 bits per heavy atom. The van der Waals surface area contributed by atoms with Gasteiger partial charge in [-0.15, -0.1) is 0 Å². The molecule has 28 heavy (non-hydrogen) atoms. The number of rotatable bonds is 6. The lowest BCUT2D eigenvalue weighted by Gasteiger charge is -2.11. The van der Waals surface area contributed by atoms with Gasteiger partial charge >= 0.3 is 0 Å². The molecule has 0 aliphatic rings. The van der Waals surface area contributed by atoms with Crippen LogP contribution in [-0.2, 0) is 10.0 Å². The highest BCUT2D eigenvalue weighted by atomic mass is 32.2. The lowest BCUT2D eigenvalue weighted by molar-refractivity contribution is 0.102. The minimum atomic E-state index is -3.54. The molecule has 3 aromatic rings. The fourth-order valence-electron chi connectivity index (χ4n) is 2.47. The van der Waals surface area contributed by atoms with Crippen molar-refractivity contribution in [2.45, 2.75) is 4.90 Å². The summed E-state index contributed by atoms with van der Waals surface area (Å²) in [7, 11) is 2.45. The molecule has 1 aromatic heterocycles. The largest absolute Gasteiger partial charge is 0.493 e. The Labute approximate surface area is 166 Å². The summed E-state index contributed by atoms with van der Waals surface area (Å²) in [6.07, 6.45) is 0. The standard InChI is InChI=1S/C18H19N3O5S2/c1-21(2)28(23,24)12-7-5-11(6-8-12)17(22)20-18-19-13-9-14(25-3)15(26-4)10-16(13)27-18/h5-10H,1-4H3,(H,19,20,22). The predicted octanol–water partition coefficient (Wildman–Crippen LogP) is 2.82. The molecule has 1 N–H and O–H groups in total. The summed E-state index contributed by atoms with van der Waals surface area (Å²) in [6.45, 7) is 0. The van der Waals surface area contributed by atoms with E-state index >= 15 is 0 Å². The van der Waals surface area contributed by atoms with E-state index in [1.807, 2.05) is 0 Å². The van der Waals surface area contributed by atoms with Gasteiger partial charge in [0.1, 0.15) is 0 Å². The van der Waals surface area contributed by atoms with Crippen molar-refractivity contribution in [2.24, 2.45) is 0 Å². The summed E-state index contributed by atoms with van der Waals surface area (Å²) in [5, 5.41) is 3.15. The van der Waals surface area contributed by atoms with Crippen LogP contribution >= 0.6 is 11.3 Å². The van der Waals surface area contributed by atoms with Crippen LogP contribution in [0.4, 0.5) is 5.13 Å². The molecule has 0 aliphatic carbocycles. The van der Waals surface area contributed by atoms with Crippen molar-refractivity contribution in [2.75, 3.05) is 33.6 Å². The molecular weight excluding hydrogens is 402 g/mol. The van der Waals surface area contributed by atoms with Crippen LogP contribution in [0.15, 0.2) is 41.3 Å². The third-order valence-corrected chi connectivity index (χ3v) is 6.77. The molecule has 1 heterocycles.